The van der Waals surface area contributed by atoms with E-state index in [-0.39, 0.29) is 17.9 Å². The van der Waals surface area contributed by atoms with Crippen molar-refractivity contribution in [3.63, 3.8) is 0 Å². The Morgan fingerprint density at radius 2 is 1.76 bits per heavy atom. The van der Waals surface area contributed by atoms with Crippen LogP contribution < -0.4 is 5.32 Å². The highest BCUT2D eigenvalue weighted by atomic mass is 19.2. The minimum absolute atomic E-state index is 0.000923. The first kappa shape index (κ1) is 18.3. The normalized spacial score (nSPS) is 11.1. The SMILES string of the molecule is CCOC(=O)C(=Cc1ccc(F)c(F)c1)C(=O)Nc1ccccc1F. The minimum atomic E-state index is -1.13. The zero-order valence-corrected chi connectivity index (χ0v) is 13.2. The van der Waals surface area contributed by atoms with Gasteiger partial charge in [0.25, 0.3) is 5.91 Å². The minimum Gasteiger partial charge on any atom is -0.462 e. The Hall–Kier alpha value is -3.09. The van der Waals surface area contributed by atoms with Crippen LogP contribution >= 0.6 is 0 Å². The molecule has 0 aliphatic carbocycles. The molecule has 130 valence electrons. The van der Waals surface area contributed by atoms with Crippen LogP contribution in [0.15, 0.2) is 48.0 Å². The highest BCUT2D eigenvalue weighted by Gasteiger charge is 2.21. The molecule has 0 unspecified atom stereocenters. The summed E-state index contributed by atoms with van der Waals surface area (Å²) in [4.78, 5) is 24.3. The Bertz CT molecular complexity index is 834. The second-order valence-electron chi connectivity index (χ2n) is 4.89. The molecule has 0 heterocycles. The molecule has 4 nitrogen and oxygen atoms in total. The lowest BCUT2D eigenvalue weighted by Gasteiger charge is -2.09. The molecule has 2 aromatic rings. The molecule has 0 atom stereocenters. The van der Waals surface area contributed by atoms with Crippen LogP contribution in [0.5, 0.6) is 0 Å². The Labute approximate surface area is 141 Å². The molecular formula is C18H14F3NO3. The average Bonchev–Trinajstić information content (AvgIpc) is 2.58. The fourth-order valence-corrected chi connectivity index (χ4v) is 1.95. The van der Waals surface area contributed by atoms with E-state index in [9.17, 15) is 22.8 Å². The Balaban J connectivity index is 2.36. The predicted octanol–water partition coefficient (Wildman–Crippen LogP) is 3.69. The number of esters is 1. The van der Waals surface area contributed by atoms with E-state index in [1.54, 1.807) is 6.92 Å². The molecule has 0 radical (unpaired) electrons. The van der Waals surface area contributed by atoms with Crippen LogP contribution in [0.25, 0.3) is 6.08 Å². The van der Waals surface area contributed by atoms with Crippen molar-refractivity contribution < 1.29 is 27.5 Å². The van der Waals surface area contributed by atoms with Crippen molar-refractivity contribution in [1.82, 2.24) is 0 Å². The summed E-state index contributed by atoms with van der Waals surface area (Å²) < 4.78 is 44.7. The van der Waals surface area contributed by atoms with Crippen LogP contribution in [-0.4, -0.2) is 18.5 Å². The monoisotopic (exact) mass is 349 g/mol. The lowest BCUT2D eigenvalue weighted by atomic mass is 10.1. The summed E-state index contributed by atoms with van der Waals surface area (Å²) in [5.74, 6) is -4.79. The van der Waals surface area contributed by atoms with E-state index >= 15 is 0 Å². The van der Waals surface area contributed by atoms with Crippen molar-refractivity contribution in [1.29, 1.82) is 0 Å². The van der Waals surface area contributed by atoms with Crippen LogP contribution in [0, 0.1) is 17.5 Å². The highest BCUT2D eigenvalue weighted by Crippen LogP contribution is 2.17. The number of hydrogen-bond donors (Lipinski definition) is 1. The summed E-state index contributed by atoms with van der Waals surface area (Å²) in [6, 6.07) is 8.26. The van der Waals surface area contributed by atoms with Gasteiger partial charge in [0.1, 0.15) is 11.4 Å². The first-order valence-corrected chi connectivity index (χ1v) is 7.32. The van der Waals surface area contributed by atoms with Crippen LogP contribution in [-0.2, 0) is 14.3 Å². The number of anilines is 1. The molecule has 0 bridgehead atoms. The number of amides is 1. The van der Waals surface area contributed by atoms with Gasteiger partial charge < -0.3 is 10.1 Å². The second kappa shape index (κ2) is 8.14. The van der Waals surface area contributed by atoms with Crippen LogP contribution in [0.3, 0.4) is 0 Å². The number of carbonyl (C=O) groups excluding carboxylic acids is 2. The number of nitrogens with one attached hydrogen (secondary N) is 1. The standard InChI is InChI=1S/C18H14F3NO3/c1-2-25-18(24)12(9-11-7-8-13(19)15(21)10-11)17(23)22-16-6-4-3-5-14(16)20/h3-10H,2H2,1H3,(H,22,23). The molecule has 0 aliphatic rings. The number of benzene rings is 2. The molecular weight excluding hydrogens is 335 g/mol. The molecule has 7 heteroatoms. The molecule has 1 N–H and O–H groups in total. The molecule has 2 aromatic carbocycles. The molecule has 2 rings (SSSR count). The molecule has 0 aliphatic heterocycles. The maximum atomic E-state index is 13.6. The lowest BCUT2D eigenvalue weighted by Crippen LogP contribution is -2.22. The molecule has 1 amide bonds. The summed E-state index contributed by atoms with van der Waals surface area (Å²) in [5.41, 5.74) is -0.533. The third-order valence-corrected chi connectivity index (χ3v) is 3.12. The zero-order valence-electron chi connectivity index (χ0n) is 13.2. The number of rotatable bonds is 5. The molecule has 25 heavy (non-hydrogen) atoms. The number of ether oxygens (including phenoxy) is 1. The topological polar surface area (TPSA) is 55.4 Å². The van der Waals surface area contributed by atoms with Gasteiger partial charge in [-0.2, -0.15) is 0 Å². The summed E-state index contributed by atoms with van der Waals surface area (Å²) in [6.07, 6.45) is 1.04. The van der Waals surface area contributed by atoms with Crippen molar-refractivity contribution in [2.75, 3.05) is 11.9 Å². The fourth-order valence-electron chi connectivity index (χ4n) is 1.95. The van der Waals surface area contributed by atoms with E-state index in [4.69, 9.17) is 4.74 Å². The van der Waals surface area contributed by atoms with Gasteiger partial charge in [-0.1, -0.05) is 18.2 Å². The van der Waals surface area contributed by atoms with Gasteiger partial charge in [-0.15, -0.1) is 0 Å². The van der Waals surface area contributed by atoms with E-state index in [2.05, 4.69) is 5.32 Å². The summed E-state index contributed by atoms with van der Waals surface area (Å²) in [6.45, 7) is 1.54. The Morgan fingerprint density at radius 3 is 2.40 bits per heavy atom. The van der Waals surface area contributed by atoms with Gasteiger partial charge in [0.2, 0.25) is 0 Å². The van der Waals surface area contributed by atoms with Gasteiger partial charge in [0, 0.05) is 0 Å². The third kappa shape index (κ3) is 4.69. The maximum Gasteiger partial charge on any atom is 0.343 e. The van der Waals surface area contributed by atoms with Crippen molar-refractivity contribution in [3.05, 3.63) is 71.1 Å². The molecule has 0 saturated carbocycles. The van der Waals surface area contributed by atoms with E-state index in [1.807, 2.05) is 0 Å². The first-order chi connectivity index (χ1) is 11.9. The van der Waals surface area contributed by atoms with E-state index < -0.39 is 34.9 Å². The summed E-state index contributed by atoms with van der Waals surface area (Å²) in [7, 11) is 0. The second-order valence-corrected chi connectivity index (χ2v) is 4.89. The maximum absolute atomic E-state index is 13.6. The number of carbonyl (C=O) groups is 2. The van der Waals surface area contributed by atoms with Crippen LogP contribution in [0.4, 0.5) is 18.9 Å². The Kier molecular flexibility index (Phi) is 5.94. The Morgan fingerprint density at radius 1 is 1.04 bits per heavy atom. The summed E-state index contributed by atoms with van der Waals surface area (Å²) in [5, 5.41) is 2.24. The zero-order chi connectivity index (χ0) is 18.4. The molecule has 0 saturated heterocycles. The van der Waals surface area contributed by atoms with E-state index in [0.717, 1.165) is 24.3 Å². The van der Waals surface area contributed by atoms with Gasteiger partial charge in [0.05, 0.1) is 12.3 Å². The van der Waals surface area contributed by atoms with E-state index in [0.29, 0.717) is 0 Å². The largest absolute Gasteiger partial charge is 0.462 e. The smallest absolute Gasteiger partial charge is 0.343 e. The van der Waals surface area contributed by atoms with E-state index in [1.165, 1.54) is 24.3 Å². The van der Waals surface area contributed by atoms with Crippen LogP contribution in [0.2, 0.25) is 0 Å². The van der Waals surface area contributed by atoms with Gasteiger partial charge >= 0.3 is 5.97 Å². The van der Waals surface area contributed by atoms with Crippen molar-refractivity contribution in [2.24, 2.45) is 0 Å². The highest BCUT2D eigenvalue weighted by molar-refractivity contribution is 6.24. The van der Waals surface area contributed by atoms with Gasteiger partial charge in [-0.25, -0.2) is 18.0 Å². The van der Waals surface area contributed by atoms with Gasteiger partial charge in [-0.3, -0.25) is 4.79 Å². The number of para-hydroxylation sites is 1. The fraction of sp³-hybridized carbons (Fsp3) is 0.111. The van der Waals surface area contributed by atoms with Gasteiger partial charge in [0.15, 0.2) is 11.6 Å². The first-order valence-electron chi connectivity index (χ1n) is 7.32. The third-order valence-electron chi connectivity index (χ3n) is 3.12. The van der Waals surface area contributed by atoms with Gasteiger partial charge in [-0.05, 0) is 42.8 Å². The average molecular weight is 349 g/mol. The van der Waals surface area contributed by atoms with Crippen molar-refractivity contribution in [3.8, 4) is 0 Å². The van der Waals surface area contributed by atoms with Crippen LogP contribution in [0.1, 0.15) is 12.5 Å². The van der Waals surface area contributed by atoms with Crippen molar-refractivity contribution >= 4 is 23.6 Å². The lowest BCUT2D eigenvalue weighted by molar-refractivity contribution is -0.139. The molecule has 0 fully saturated rings. The summed E-state index contributed by atoms with van der Waals surface area (Å²) >= 11 is 0. The number of halogens is 3. The number of hydrogen-bond acceptors (Lipinski definition) is 3. The molecule has 0 spiro atoms. The predicted molar refractivity (Wildman–Crippen MR) is 86.0 cm³/mol. The van der Waals surface area contributed by atoms with Crippen molar-refractivity contribution in [2.45, 2.75) is 6.92 Å². The quantitative estimate of drug-likeness (QED) is 0.388. The molecule has 0 aromatic heterocycles.